The summed E-state index contributed by atoms with van der Waals surface area (Å²) in [4.78, 5) is 29.5. The predicted molar refractivity (Wildman–Crippen MR) is 121 cm³/mol. The second-order valence-electron chi connectivity index (χ2n) is 6.45. The van der Waals surface area contributed by atoms with Crippen LogP contribution in [0.3, 0.4) is 0 Å². The molecule has 8 heteroatoms. The van der Waals surface area contributed by atoms with Crippen molar-refractivity contribution in [1.29, 1.82) is 0 Å². The number of methoxy groups -OCH3 is 2. The van der Waals surface area contributed by atoms with E-state index < -0.39 is 11.8 Å². The maximum atomic E-state index is 12.8. The van der Waals surface area contributed by atoms with Gasteiger partial charge in [0.2, 0.25) is 0 Å². The number of aromatic nitrogens is 1. The Morgan fingerprint density at radius 1 is 0.938 bits per heavy atom. The molecule has 32 heavy (non-hydrogen) atoms. The summed E-state index contributed by atoms with van der Waals surface area (Å²) in [6.45, 7) is 0. The number of hydrogen-bond donors (Lipinski definition) is 2. The van der Waals surface area contributed by atoms with E-state index in [4.69, 9.17) is 9.47 Å². The third-order valence-corrected chi connectivity index (χ3v) is 4.30. The van der Waals surface area contributed by atoms with E-state index >= 15 is 0 Å². The summed E-state index contributed by atoms with van der Waals surface area (Å²) in [5.41, 5.74) is 4.02. The lowest BCUT2D eigenvalue weighted by Gasteiger charge is -2.11. The SMILES string of the molecule is COc1ccc(/C=C(/NC(=O)c2ccccc2)C(=O)N/N=C/c2ccccn2)cc1OC. The summed E-state index contributed by atoms with van der Waals surface area (Å²) >= 11 is 0. The Morgan fingerprint density at radius 3 is 2.38 bits per heavy atom. The summed E-state index contributed by atoms with van der Waals surface area (Å²) in [6.07, 6.45) is 4.55. The molecule has 2 N–H and O–H groups in total. The molecule has 3 rings (SSSR count). The highest BCUT2D eigenvalue weighted by atomic mass is 16.5. The number of hydrazone groups is 1. The average Bonchev–Trinajstić information content (AvgIpc) is 2.84. The number of rotatable bonds is 8. The molecule has 0 atom stereocenters. The molecule has 0 aliphatic carbocycles. The zero-order valence-electron chi connectivity index (χ0n) is 17.6. The van der Waals surface area contributed by atoms with Gasteiger partial charge in [-0.05, 0) is 48.0 Å². The van der Waals surface area contributed by atoms with Crippen LogP contribution in [-0.4, -0.2) is 37.2 Å². The van der Waals surface area contributed by atoms with Crippen LogP contribution in [0.15, 0.2) is 83.7 Å². The number of nitrogens with one attached hydrogen (secondary N) is 2. The Hall–Kier alpha value is -4.46. The highest BCUT2D eigenvalue weighted by Crippen LogP contribution is 2.28. The van der Waals surface area contributed by atoms with Gasteiger partial charge in [-0.1, -0.05) is 30.3 Å². The molecule has 0 saturated carbocycles. The van der Waals surface area contributed by atoms with Crippen molar-refractivity contribution in [2.75, 3.05) is 14.2 Å². The van der Waals surface area contributed by atoms with E-state index in [1.54, 1.807) is 72.9 Å². The van der Waals surface area contributed by atoms with Gasteiger partial charge in [-0.15, -0.1) is 0 Å². The van der Waals surface area contributed by atoms with Crippen molar-refractivity contribution in [1.82, 2.24) is 15.7 Å². The van der Waals surface area contributed by atoms with E-state index in [0.717, 1.165) is 0 Å². The van der Waals surface area contributed by atoms with Crippen molar-refractivity contribution in [3.05, 3.63) is 95.4 Å². The van der Waals surface area contributed by atoms with Crippen LogP contribution in [0, 0.1) is 0 Å². The summed E-state index contributed by atoms with van der Waals surface area (Å²) in [5.74, 6) is 0.00456. The first-order valence-corrected chi connectivity index (χ1v) is 9.65. The molecule has 0 spiro atoms. The lowest BCUT2D eigenvalue weighted by molar-refractivity contribution is -0.117. The van der Waals surface area contributed by atoms with Gasteiger partial charge in [-0.25, -0.2) is 5.43 Å². The third kappa shape index (κ3) is 6.02. The maximum Gasteiger partial charge on any atom is 0.287 e. The smallest absolute Gasteiger partial charge is 0.287 e. The summed E-state index contributed by atoms with van der Waals surface area (Å²) in [5, 5.41) is 6.57. The molecule has 0 aliphatic rings. The normalized spacial score (nSPS) is 11.1. The van der Waals surface area contributed by atoms with Gasteiger partial charge in [0, 0.05) is 11.8 Å². The zero-order chi connectivity index (χ0) is 22.8. The van der Waals surface area contributed by atoms with Gasteiger partial charge in [0.25, 0.3) is 11.8 Å². The quantitative estimate of drug-likeness (QED) is 0.325. The third-order valence-electron chi connectivity index (χ3n) is 4.30. The fourth-order valence-corrected chi connectivity index (χ4v) is 2.72. The largest absolute Gasteiger partial charge is 0.493 e. The van der Waals surface area contributed by atoms with E-state index in [1.807, 2.05) is 0 Å². The van der Waals surface area contributed by atoms with Gasteiger partial charge in [-0.2, -0.15) is 5.10 Å². The van der Waals surface area contributed by atoms with Gasteiger partial charge in [-0.3, -0.25) is 14.6 Å². The topological polar surface area (TPSA) is 102 Å². The van der Waals surface area contributed by atoms with E-state index in [9.17, 15) is 9.59 Å². The maximum absolute atomic E-state index is 12.8. The lowest BCUT2D eigenvalue weighted by Crippen LogP contribution is -2.32. The predicted octanol–water partition coefficient (Wildman–Crippen LogP) is 3.02. The van der Waals surface area contributed by atoms with Crippen molar-refractivity contribution in [3.63, 3.8) is 0 Å². The van der Waals surface area contributed by atoms with Gasteiger partial charge in [0.1, 0.15) is 5.70 Å². The molecule has 0 fully saturated rings. The first kappa shape index (κ1) is 22.2. The number of pyridine rings is 1. The van der Waals surface area contributed by atoms with Crippen LogP contribution < -0.4 is 20.2 Å². The monoisotopic (exact) mass is 430 g/mol. The van der Waals surface area contributed by atoms with Crippen LogP contribution in [0.1, 0.15) is 21.6 Å². The van der Waals surface area contributed by atoms with E-state index in [1.165, 1.54) is 26.5 Å². The fourth-order valence-electron chi connectivity index (χ4n) is 2.72. The Kier molecular flexibility index (Phi) is 7.69. The van der Waals surface area contributed by atoms with Crippen LogP contribution in [0.5, 0.6) is 11.5 Å². The minimum atomic E-state index is -0.601. The van der Waals surface area contributed by atoms with Crippen LogP contribution in [0.2, 0.25) is 0 Å². The van der Waals surface area contributed by atoms with E-state index in [0.29, 0.717) is 28.3 Å². The molecule has 1 aromatic heterocycles. The van der Waals surface area contributed by atoms with Crippen LogP contribution in [0.4, 0.5) is 0 Å². The molecule has 3 aromatic rings. The Morgan fingerprint density at radius 2 is 1.69 bits per heavy atom. The van der Waals surface area contributed by atoms with E-state index in [-0.39, 0.29) is 5.70 Å². The first-order valence-electron chi connectivity index (χ1n) is 9.65. The molecule has 0 aliphatic heterocycles. The molecule has 8 nitrogen and oxygen atoms in total. The zero-order valence-corrected chi connectivity index (χ0v) is 17.6. The highest BCUT2D eigenvalue weighted by Gasteiger charge is 2.15. The number of amides is 2. The minimum absolute atomic E-state index is 0.00393. The van der Waals surface area contributed by atoms with Gasteiger partial charge >= 0.3 is 0 Å². The van der Waals surface area contributed by atoms with Crippen molar-refractivity contribution in [3.8, 4) is 11.5 Å². The Balaban J connectivity index is 1.86. The second kappa shape index (κ2) is 11.1. The number of hydrogen-bond acceptors (Lipinski definition) is 6. The molecule has 2 amide bonds. The van der Waals surface area contributed by atoms with Crippen molar-refractivity contribution in [2.24, 2.45) is 5.10 Å². The van der Waals surface area contributed by atoms with E-state index in [2.05, 4.69) is 20.8 Å². The highest BCUT2D eigenvalue weighted by molar-refractivity contribution is 6.05. The van der Waals surface area contributed by atoms with Gasteiger partial charge < -0.3 is 14.8 Å². The minimum Gasteiger partial charge on any atom is -0.493 e. The van der Waals surface area contributed by atoms with Crippen molar-refractivity contribution < 1.29 is 19.1 Å². The molecule has 162 valence electrons. The second-order valence-corrected chi connectivity index (χ2v) is 6.45. The van der Waals surface area contributed by atoms with Gasteiger partial charge in [0.15, 0.2) is 11.5 Å². The van der Waals surface area contributed by atoms with Crippen molar-refractivity contribution >= 4 is 24.1 Å². The molecular formula is C24H22N4O4. The van der Waals surface area contributed by atoms with Gasteiger partial charge in [0.05, 0.1) is 26.1 Å². The molecule has 0 radical (unpaired) electrons. The average molecular weight is 430 g/mol. The first-order chi connectivity index (χ1) is 15.6. The van der Waals surface area contributed by atoms with Crippen LogP contribution >= 0.6 is 0 Å². The number of ether oxygens (including phenoxy) is 2. The van der Waals surface area contributed by atoms with Crippen LogP contribution in [0.25, 0.3) is 6.08 Å². The molecule has 0 unspecified atom stereocenters. The standard InChI is InChI=1S/C24H22N4O4/c1-31-21-12-11-17(15-22(21)32-2)14-20(27-23(29)18-8-4-3-5-9-18)24(30)28-26-16-19-10-6-7-13-25-19/h3-16H,1-2H3,(H,27,29)(H,28,30)/b20-14+,26-16+. The molecule has 0 saturated heterocycles. The summed E-state index contributed by atoms with van der Waals surface area (Å²) < 4.78 is 10.6. The van der Waals surface area contributed by atoms with Crippen molar-refractivity contribution in [2.45, 2.75) is 0 Å². The molecular weight excluding hydrogens is 408 g/mol. The number of carbonyl (C=O) groups excluding carboxylic acids is 2. The lowest BCUT2D eigenvalue weighted by atomic mass is 10.1. The number of benzene rings is 2. The molecule has 2 aromatic carbocycles. The van der Waals surface area contributed by atoms with Crippen LogP contribution in [-0.2, 0) is 4.79 Å². The molecule has 1 heterocycles. The fraction of sp³-hybridized carbons (Fsp3) is 0.0833. The Labute approximate surface area is 185 Å². The Bertz CT molecular complexity index is 1130. The summed E-state index contributed by atoms with van der Waals surface area (Å²) in [7, 11) is 3.05. The summed E-state index contributed by atoms with van der Waals surface area (Å²) in [6, 6.07) is 19.0. The number of carbonyl (C=O) groups is 2. The number of nitrogens with zero attached hydrogens (tertiary/aromatic N) is 2. The molecule has 0 bridgehead atoms.